The number of hydrogen-bond donors (Lipinski definition) is 3. The molecule has 3 rings (SSSR count). The van der Waals surface area contributed by atoms with Crippen LogP contribution in [0.1, 0.15) is 20.3 Å². The van der Waals surface area contributed by atoms with E-state index in [9.17, 15) is 5.11 Å². The third-order valence-electron chi connectivity index (χ3n) is 5.86. The number of anilines is 1. The van der Waals surface area contributed by atoms with Crippen molar-refractivity contribution in [1.29, 1.82) is 0 Å². The third kappa shape index (κ3) is 7.26. The van der Waals surface area contributed by atoms with Gasteiger partial charge in [0.25, 0.3) is 0 Å². The van der Waals surface area contributed by atoms with Crippen LogP contribution in [0.15, 0.2) is 29.3 Å². The Morgan fingerprint density at radius 1 is 1.26 bits per heavy atom. The van der Waals surface area contributed by atoms with Gasteiger partial charge in [0.05, 0.1) is 38.2 Å². The first-order valence-electron chi connectivity index (χ1n) is 11.4. The maximum Gasteiger partial charge on any atom is 0.191 e. The number of nitrogens with zero attached hydrogens (tertiary/aromatic N) is 3. The van der Waals surface area contributed by atoms with Crippen LogP contribution in [-0.4, -0.2) is 94.2 Å². The number of nitrogens with one attached hydrogen (secondary N) is 2. The van der Waals surface area contributed by atoms with E-state index in [-0.39, 0.29) is 0 Å². The summed E-state index contributed by atoms with van der Waals surface area (Å²) in [4.78, 5) is 9.30. The molecule has 0 radical (unpaired) electrons. The molecule has 8 heteroatoms. The van der Waals surface area contributed by atoms with Crippen LogP contribution >= 0.6 is 0 Å². The average molecular weight is 434 g/mol. The van der Waals surface area contributed by atoms with Gasteiger partial charge in [0.2, 0.25) is 0 Å². The van der Waals surface area contributed by atoms with Gasteiger partial charge in [-0.3, -0.25) is 9.89 Å². The molecular weight excluding hydrogens is 394 g/mol. The van der Waals surface area contributed by atoms with Gasteiger partial charge >= 0.3 is 0 Å². The Morgan fingerprint density at radius 2 is 2.03 bits per heavy atom. The summed E-state index contributed by atoms with van der Waals surface area (Å²) in [6.45, 7) is 11.7. The lowest BCUT2D eigenvalue weighted by atomic mass is 10.1. The second kappa shape index (κ2) is 11.5. The van der Waals surface area contributed by atoms with Crippen LogP contribution in [-0.2, 0) is 4.74 Å². The number of para-hydroxylation sites is 2. The molecule has 0 bridgehead atoms. The molecule has 174 valence electrons. The number of hydrogen-bond acceptors (Lipinski definition) is 6. The van der Waals surface area contributed by atoms with Crippen LogP contribution in [0.2, 0.25) is 0 Å². The monoisotopic (exact) mass is 433 g/mol. The second-order valence-electron chi connectivity index (χ2n) is 8.73. The number of aliphatic hydroxyl groups is 1. The van der Waals surface area contributed by atoms with Crippen LogP contribution in [0.4, 0.5) is 5.69 Å². The highest BCUT2D eigenvalue weighted by atomic mass is 16.5. The van der Waals surface area contributed by atoms with E-state index in [2.05, 4.69) is 44.5 Å². The molecule has 0 amide bonds. The zero-order valence-electron chi connectivity index (χ0n) is 19.3. The maximum atomic E-state index is 10.8. The number of morpholine rings is 1. The van der Waals surface area contributed by atoms with Gasteiger partial charge in [0, 0.05) is 45.8 Å². The van der Waals surface area contributed by atoms with Crippen molar-refractivity contribution in [3.05, 3.63) is 24.3 Å². The van der Waals surface area contributed by atoms with Crippen molar-refractivity contribution in [1.82, 2.24) is 15.5 Å². The molecule has 2 atom stereocenters. The quantitative estimate of drug-likeness (QED) is 0.398. The summed E-state index contributed by atoms with van der Waals surface area (Å²) in [5.41, 5.74) is 0.292. The zero-order valence-corrected chi connectivity index (χ0v) is 19.3. The van der Waals surface area contributed by atoms with Gasteiger partial charge in [-0.25, -0.2) is 0 Å². The number of β-amino-alcohol motifs (C(OH)–C–C–N with tert-alkyl or cyclic N) is 1. The van der Waals surface area contributed by atoms with Crippen LogP contribution in [0.5, 0.6) is 5.75 Å². The fraction of sp³-hybridized carbons (Fsp3) is 0.696. The standard InChI is InChI=1S/C23H39N5O3/c1-4-24-22(26-17-23(2,29)18-27-11-13-31-14-12-27)25-15-19-9-10-28(16-19)20-7-5-6-8-21(20)30-3/h5-8,19,29H,4,9-18H2,1-3H3,(H2,24,25,26). The summed E-state index contributed by atoms with van der Waals surface area (Å²) >= 11 is 0. The zero-order chi connectivity index (χ0) is 22.1. The Kier molecular flexibility index (Phi) is 8.80. The van der Waals surface area contributed by atoms with Gasteiger partial charge in [-0.2, -0.15) is 0 Å². The second-order valence-corrected chi connectivity index (χ2v) is 8.73. The van der Waals surface area contributed by atoms with E-state index in [4.69, 9.17) is 9.47 Å². The highest BCUT2D eigenvalue weighted by molar-refractivity contribution is 5.79. The molecule has 2 unspecified atom stereocenters. The fourth-order valence-electron chi connectivity index (χ4n) is 4.23. The Balaban J connectivity index is 1.49. The minimum Gasteiger partial charge on any atom is -0.495 e. The van der Waals surface area contributed by atoms with Crippen molar-refractivity contribution in [3.63, 3.8) is 0 Å². The van der Waals surface area contributed by atoms with Gasteiger partial charge in [-0.1, -0.05) is 12.1 Å². The van der Waals surface area contributed by atoms with Gasteiger partial charge in [-0.15, -0.1) is 0 Å². The highest BCUT2D eigenvalue weighted by Gasteiger charge is 2.26. The molecule has 2 heterocycles. The summed E-state index contributed by atoms with van der Waals surface area (Å²) in [7, 11) is 1.72. The van der Waals surface area contributed by atoms with Crippen molar-refractivity contribution in [3.8, 4) is 5.75 Å². The van der Waals surface area contributed by atoms with Crippen molar-refractivity contribution >= 4 is 11.6 Å². The van der Waals surface area contributed by atoms with Gasteiger partial charge in [0.1, 0.15) is 5.75 Å². The number of benzene rings is 1. The van der Waals surface area contributed by atoms with Gasteiger partial charge in [-0.05, 0) is 38.3 Å². The predicted molar refractivity (Wildman–Crippen MR) is 125 cm³/mol. The normalized spacial score (nSPS) is 22.3. The van der Waals surface area contributed by atoms with E-state index < -0.39 is 5.60 Å². The largest absolute Gasteiger partial charge is 0.495 e. The van der Waals surface area contributed by atoms with Crippen molar-refractivity contribution in [2.75, 3.05) is 77.6 Å². The van der Waals surface area contributed by atoms with Crippen LogP contribution in [0, 0.1) is 5.92 Å². The number of methoxy groups -OCH3 is 1. The summed E-state index contributed by atoms with van der Waals surface area (Å²) in [5, 5.41) is 17.6. The number of rotatable bonds is 9. The smallest absolute Gasteiger partial charge is 0.191 e. The Hall–Kier alpha value is -2.03. The molecule has 2 aliphatic heterocycles. The molecule has 8 nitrogen and oxygen atoms in total. The lowest BCUT2D eigenvalue weighted by molar-refractivity contribution is -0.0180. The Morgan fingerprint density at radius 3 is 2.77 bits per heavy atom. The summed E-state index contributed by atoms with van der Waals surface area (Å²) in [6.07, 6.45) is 1.12. The Bertz CT molecular complexity index is 706. The molecule has 2 fully saturated rings. The summed E-state index contributed by atoms with van der Waals surface area (Å²) in [5.74, 6) is 2.22. The first-order valence-corrected chi connectivity index (χ1v) is 11.4. The van der Waals surface area contributed by atoms with E-state index in [1.165, 1.54) is 0 Å². The first-order chi connectivity index (χ1) is 15.0. The molecule has 0 saturated carbocycles. The highest BCUT2D eigenvalue weighted by Crippen LogP contribution is 2.31. The Labute approximate surface area is 186 Å². The lowest BCUT2D eigenvalue weighted by Crippen LogP contribution is -2.48. The van der Waals surface area contributed by atoms with Crippen molar-refractivity contribution < 1.29 is 14.6 Å². The number of aliphatic imine (C=N–C) groups is 1. The van der Waals surface area contributed by atoms with E-state index in [0.29, 0.717) is 19.0 Å². The SMILES string of the molecule is CCNC(=NCC(C)(O)CN1CCOCC1)NCC1CCN(c2ccccc2OC)C1. The lowest BCUT2D eigenvalue weighted by Gasteiger charge is -2.33. The van der Waals surface area contributed by atoms with Gasteiger partial charge < -0.3 is 30.1 Å². The predicted octanol–water partition coefficient (Wildman–Crippen LogP) is 1.16. The maximum absolute atomic E-state index is 10.8. The minimum absolute atomic E-state index is 0.359. The molecule has 2 saturated heterocycles. The minimum atomic E-state index is -0.867. The number of ether oxygens (including phenoxy) is 2. The van der Waals surface area contributed by atoms with E-state index >= 15 is 0 Å². The van der Waals surface area contributed by atoms with E-state index in [1.807, 2.05) is 19.1 Å². The molecular formula is C23H39N5O3. The summed E-state index contributed by atoms with van der Waals surface area (Å²) in [6, 6.07) is 8.20. The topological polar surface area (TPSA) is 81.6 Å². The average Bonchev–Trinajstić information content (AvgIpc) is 3.25. The third-order valence-corrected chi connectivity index (χ3v) is 5.86. The van der Waals surface area contributed by atoms with Crippen molar-refractivity contribution in [2.45, 2.75) is 25.9 Å². The van der Waals surface area contributed by atoms with Crippen LogP contribution in [0.3, 0.4) is 0 Å². The molecule has 1 aromatic rings. The van der Waals surface area contributed by atoms with Gasteiger partial charge in [0.15, 0.2) is 5.96 Å². The molecule has 3 N–H and O–H groups in total. The molecule has 1 aromatic carbocycles. The van der Waals surface area contributed by atoms with Crippen molar-refractivity contribution in [2.24, 2.45) is 10.9 Å². The van der Waals surface area contributed by atoms with E-state index in [0.717, 1.165) is 76.3 Å². The molecule has 2 aliphatic rings. The molecule has 0 aliphatic carbocycles. The van der Waals surface area contributed by atoms with E-state index in [1.54, 1.807) is 7.11 Å². The van der Waals surface area contributed by atoms with Crippen LogP contribution < -0.4 is 20.3 Å². The fourth-order valence-corrected chi connectivity index (χ4v) is 4.23. The molecule has 0 spiro atoms. The summed E-state index contributed by atoms with van der Waals surface area (Å²) < 4.78 is 10.9. The molecule has 0 aromatic heterocycles. The van der Waals surface area contributed by atoms with Crippen LogP contribution in [0.25, 0.3) is 0 Å². The molecule has 31 heavy (non-hydrogen) atoms. The first kappa shape index (κ1) is 23.6. The number of guanidine groups is 1.